The first kappa shape index (κ1) is 14.8. The van der Waals surface area contributed by atoms with E-state index in [0.717, 1.165) is 0 Å². The Morgan fingerprint density at radius 2 is 2.09 bits per heavy atom. The van der Waals surface area contributed by atoms with Crippen LogP contribution in [0, 0.1) is 0 Å². The number of carbonyl (C=O) groups is 1. The zero-order chi connectivity index (χ0) is 8.20. The van der Waals surface area contributed by atoms with Gasteiger partial charge in [0.05, 0.1) is 0 Å². The van der Waals surface area contributed by atoms with E-state index in [4.69, 9.17) is 9.79 Å². The van der Waals surface area contributed by atoms with Crippen molar-refractivity contribution in [2.75, 3.05) is 0 Å². The van der Waals surface area contributed by atoms with Crippen molar-refractivity contribution in [1.82, 2.24) is 0 Å². The standard InChI is InChI=1S/C4H9O5P.K.H/c1-2-3-4(5)9-10(6,7)8;;/h2-3H2,1H3,(H2,6,7,8);;/q;+1;-1. The molecule has 0 rings (SSSR count). The maximum atomic E-state index is 10.3. The summed E-state index contributed by atoms with van der Waals surface area (Å²) in [6.07, 6.45) is 0.546. The van der Waals surface area contributed by atoms with E-state index < -0.39 is 13.8 Å². The van der Waals surface area contributed by atoms with Crippen LogP contribution in [-0.4, -0.2) is 15.8 Å². The molecule has 0 radical (unpaired) electrons. The Labute approximate surface area is 109 Å². The largest absolute Gasteiger partial charge is 1.00 e. The van der Waals surface area contributed by atoms with E-state index in [1.165, 1.54) is 0 Å². The van der Waals surface area contributed by atoms with Gasteiger partial charge >= 0.3 is 65.2 Å². The maximum absolute atomic E-state index is 10.3. The number of carbonyl (C=O) groups excluding carboxylic acids is 1. The molecule has 2 N–H and O–H groups in total. The van der Waals surface area contributed by atoms with Crippen molar-refractivity contribution in [3.05, 3.63) is 0 Å². The Morgan fingerprint density at radius 3 is 2.36 bits per heavy atom. The molecule has 0 saturated carbocycles. The Hall–Kier alpha value is 1.26. The quantitative estimate of drug-likeness (QED) is 0.397. The SMILES string of the molecule is CCCC(=O)OP(=O)(O)O.[H-].[K+]. The Bertz CT molecular complexity index is 169. The Balaban J connectivity index is -0.000000405. The van der Waals surface area contributed by atoms with E-state index in [9.17, 15) is 9.36 Å². The molecule has 7 heteroatoms. The van der Waals surface area contributed by atoms with Crippen LogP contribution in [0.2, 0.25) is 0 Å². The molecular weight excluding hydrogens is 198 g/mol. The van der Waals surface area contributed by atoms with Crippen LogP contribution >= 0.6 is 7.82 Å². The molecule has 11 heavy (non-hydrogen) atoms. The van der Waals surface area contributed by atoms with Crippen LogP contribution in [0.4, 0.5) is 0 Å². The first-order valence-electron chi connectivity index (χ1n) is 2.73. The third-order valence-corrected chi connectivity index (χ3v) is 1.12. The zero-order valence-corrected chi connectivity index (χ0v) is 10.5. The summed E-state index contributed by atoms with van der Waals surface area (Å²) in [4.78, 5) is 26.5. The van der Waals surface area contributed by atoms with Gasteiger partial charge in [0.25, 0.3) is 0 Å². The molecule has 0 spiro atoms. The second kappa shape index (κ2) is 6.74. The number of phosphoric ester groups is 1. The fraction of sp³-hybridized carbons (Fsp3) is 0.750. The van der Waals surface area contributed by atoms with Gasteiger partial charge < -0.3 is 5.95 Å². The van der Waals surface area contributed by atoms with Crippen LogP contribution in [0.5, 0.6) is 0 Å². The summed E-state index contributed by atoms with van der Waals surface area (Å²) in [6.45, 7) is 1.71. The third-order valence-electron chi connectivity index (χ3n) is 0.675. The average molecular weight is 208 g/mol. The van der Waals surface area contributed by atoms with Gasteiger partial charge in [-0.05, 0) is 6.42 Å². The molecule has 0 aromatic carbocycles. The third kappa shape index (κ3) is 11.3. The topological polar surface area (TPSA) is 83.8 Å². The van der Waals surface area contributed by atoms with Crippen molar-refractivity contribution in [2.45, 2.75) is 19.8 Å². The fourth-order valence-corrected chi connectivity index (χ4v) is 0.739. The fourth-order valence-electron chi connectivity index (χ4n) is 0.382. The summed E-state index contributed by atoms with van der Waals surface area (Å²) in [5, 5.41) is 0. The number of hydrogen-bond acceptors (Lipinski definition) is 3. The second-order valence-corrected chi connectivity index (χ2v) is 2.87. The summed E-state index contributed by atoms with van der Waals surface area (Å²) >= 11 is 0. The first-order chi connectivity index (χ1) is 4.45. The smallest absolute Gasteiger partial charge is 1.00 e. The van der Waals surface area contributed by atoms with Gasteiger partial charge in [-0.2, -0.15) is 0 Å². The molecule has 0 aliphatic heterocycles. The molecular formula is C4H10KO5P. The van der Waals surface area contributed by atoms with Gasteiger partial charge in [-0.1, -0.05) is 6.92 Å². The van der Waals surface area contributed by atoms with E-state index >= 15 is 0 Å². The van der Waals surface area contributed by atoms with Crippen LogP contribution in [0.25, 0.3) is 0 Å². The molecule has 0 aliphatic carbocycles. The summed E-state index contributed by atoms with van der Waals surface area (Å²) < 4.78 is 13.7. The molecule has 0 bridgehead atoms. The van der Waals surface area contributed by atoms with Gasteiger partial charge in [-0.25, -0.2) is 4.57 Å². The van der Waals surface area contributed by atoms with Crippen molar-refractivity contribution < 1.29 is 76.5 Å². The van der Waals surface area contributed by atoms with E-state index in [1.807, 2.05) is 0 Å². The normalized spacial score (nSPS) is 10.1. The average Bonchev–Trinajstić information content (AvgIpc) is 1.59. The monoisotopic (exact) mass is 208 g/mol. The van der Waals surface area contributed by atoms with Crippen molar-refractivity contribution in [3.63, 3.8) is 0 Å². The van der Waals surface area contributed by atoms with Crippen molar-refractivity contribution in [3.8, 4) is 0 Å². The molecule has 0 atom stereocenters. The molecule has 0 heterocycles. The molecule has 0 unspecified atom stereocenters. The Morgan fingerprint density at radius 1 is 1.64 bits per heavy atom. The molecule has 0 amide bonds. The zero-order valence-electron chi connectivity index (χ0n) is 7.48. The predicted octanol–water partition coefficient (Wildman–Crippen LogP) is -2.46. The van der Waals surface area contributed by atoms with Crippen molar-refractivity contribution in [2.24, 2.45) is 0 Å². The minimum atomic E-state index is -4.60. The molecule has 0 aliphatic rings. The van der Waals surface area contributed by atoms with E-state index in [2.05, 4.69) is 4.52 Å². The number of rotatable bonds is 3. The van der Waals surface area contributed by atoms with E-state index in [-0.39, 0.29) is 59.2 Å². The van der Waals surface area contributed by atoms with Gasteiger partial charge in [0.2, 0.25) is 0 Å². The van der Waals surface area contributed by atoms with Crippen molar-refractivity contribution in [1.29, 1.82) is 0 Å². The van der Waals surface area contributed by atoms with Crippen LogP contribution in [0.1, 0.15) is 21.2 Å². The molecule has 0 aromatic heterocycles. The minimum Gasteiger partial charge on any atom is -1.00 e. The number of hydrogen-bond donors (Lipinski definition) is 2. The van der Waals surface area contributed by atoms with E-state index in [1.54, 1.807) is 6.92 Å². The van der Waals surface area contributed by atoms with E-state index in [0.29, 0.717) is 6.42 Å². The summed E-state index contributed by atoms with van der Waals surface area (Å²) in [6, 6.07) is 0. The molecule has 0 saturated heterocycles. The molecule has 0 fully saturated rings. The predicted molar refractivity (Wildman–Crippen MR) is 34.2 cm³/mol. The molecule has 62 valence electrons. The van der Waals surface area contributed by atoms with Crippen LogP contribution in [0.15, 0.2) is 0 Å². The van der Waals surface area contributed by atoms with Crippen LogP contribution < -0.4 is 51.4 Å². The van der Waals surface area contributed by atoms with Gasteiger partial charge in [0, 0.05) is 6.42 Å². The maximum Gasteiger partial charge on any atom is 1.00 e. The number of phosphoric acid groups is 1. The summed E-state index contributed by atoms with van der Waals surface area (Å²) in [7, 11) is -4.60. The molecule has 5 nitrogen and oxygen atoms in total. The van der Waals surface area contributed by atoms with Gasteiger partial charge in [-0.3, -0.25) is 14.6 Å². The minimum absolute atomic E-state index is 0. The van der Waals surface area contributed by atoms with Crippen LogP contribution in [0.3, 0.4) is 0 Å². The first-order valence-corrected chi connectivity index (χ1v) is 4.26. The second-order valence-electron chi connectivity index (χ2n) is 1.70. The summed E-state index contributed by atoms with van der Waals surface area (Å²) in [5.74, 6) is -0.865. The van der Waals surface area contributed by atoms with Gasteiger partial charge in [0.1, 0.15) is 0 Å². The molecule has 0 aromatic rings. The van der Waals surface area contributed by atoms with Gasteiger partial charge in [-0.15, -0.1) is 0 Å². The summed E-state index contributed by atoms with van der Waals surface area (Å²) in [5.41, 5.74) is 0. The van der Waals surface area contributed by atoms with Crippen molar-refractivity contribution >= 4 is 13.8 Å². The van der Waals surface area contributed by atoms with Gasteiger partial charge in [0.15, 0.2) is 0 Å². The van der Waals surface area contributed by atoms with Crippen LogP contribution in [-0.2, 0) is 13.9 Å². The Kier molecular flexibility index (Phi) is 9.04.